The van der Waals surface area contributed by atoms with Crippen LogP contribution < -0.4 is 5.32 Å². The highest BCUT2D eigenvalue weighted by Crippen LogP contribution is 2.14. The maximum Gasteiger partial charge on any atom is 0.155 e. The Hall–Kier alpha value is -1.58. The zero-order chi connectivity index (χ0) is 9.26. The molecule has 1 N–H and O–H groups in total. The second-order valence-corrected chi connectivity index (χ2v) is 2.89. The molecule has 2 aromatic heterocycles. The van der Waals surface area contributed by atoms with Gasteiger partial charge in [0.1, 0.15) is 6.33 Å². The third kappa shape index (κ3) is 1.24. The van der Waals surface area contributed by atoms with Crippen molar-refractivity contribution in [2.45, 2.75) is 13.8 Å². The van der Waals surface area contributed by atoms with Gasteiger partial charge < -0.3 is 5.32 Å². The number of anilines is 1. The van der Waals surface area contributed by atoms with Crippen molar-refractivity contribution < 1.29 is 0 Å². The Morgan fingerprint density at radius 1 is 1.46 bits per heavy atom. The second kappa shape index (κ2) is 3.05. The van der Waals surface area contributed by atoms with Crippen LogP contribution >= 0.6 is 0 Å². The lowest BCUT2D eigenvalue weighted by molar-refractivity contribution is 0.913. The van der Waals surface area contributed by atoms with Crippen molar-refractivity contribution in [2.24, 2.45) is 0 Å². The van der Waals surface area contributed by atoms with E-state index < -0.39 is 0 Å². The minimum absolute atomic E-state index is 0.888. The van der Waals surface area contributed by atoms with Crippen LogP contribution in [0.4, 0.5) is 5.69 Å². The number of aromatic nitrogens is 3. The standard InChI is InChI=1S/C9H12N4/c1-3-10-8-4-5-9-11-6-12-13(9)7(8)2/h4-6,10H,3H2,1-2H3. The van der Waals surface area contributed by atoms with Crippen molar-refractivity contribution in [3.8, 4) is 0 Å². The lowest BCUT2D eigenvalue weighted by Gasteiger charge is -2.07. The SMILES string of the molecule is CCNc1ccc2ncnn2c1C. The molecule has 0 aliphatic carbocycles. The molecule has 0 amide bonds. The van der Waals surface area contributed by atoms with E-state index in [9.17, 15) is 0 Å². The van der Waals surface area contributed by atoms with E-state index in [0.717, 1.165) is 23.6 Å². The van der Waals surface area contributed by atoms with Crippen molar-refractivity contribution in [3.05, 3.63) is 24.2 Å². The highest BCUT2D eigenvalue weighted by atomic mass is 15.3. The van der Waals surface area contributed by atoms with Gasteiger partial charge in [-0.25, -0.2) is 9.50 Å². The molecule has 0 radical (unpaired) electrons. The van der Waals surface area contributed by atoms with Gasteiger partial charge in [0.05, 0.1) is 11.4 Å². The lowest BCUT2D eigenvalue weighted by atomic mass is 10.3. The van der Waals surface area contributed by atoms with Crippen molar-refractivity contribution in [2.75, 3.05) is 11.9 Å². The zero-order valence-electron chi connectivity index (χ0n) is 7.78. The number of hydrogen-bond donors (Lipinski definition) is 1. The molecule has 0 bridgehead atoms. The average Bonchev–Trinajstić information content (AvgIpc) is 2.58. The van der Waals surface area contributed by atoms with Gasteiger partial charge in [0.25, 0.3) is 0 Å². The molecule has 2 rings (SSSR count). The summed E-state index contributed by atoms with van der Waals surface area (Å²) in [5, 5.41) is 7.40. The second-order valence-electron chi connectivity index (χ2n) is 2.89. The first-order valence-corrected chi connectivity index (χ1v) is 4.36. The fraction of sp³-hybridized carbons (Fsp3) is 0.333. The van der Waals surface area contributed by atoms with Gasteiger partial charge in [-0.1, -0.05) is 0 Å². The molecule has 68 valence electrons. The third-order valence-electron chi connectivity index (χ3n) is 2.05. The number of rotatable bonds is 2. The van der Waals surface area contributed by atoms with Crippen LogP contribution in [0.25, 0.3) is 5.65 Å². The summed E-state index contributed by atoms with van der Waals surface area (Å²) in [5.41, 5.74) is 3.09. The minimum Gasteiger partial charge on any atom is -0.384 e. The van der Waals surface area contributed by atoms with Crippen LogP contribution in [-0.4, -0.2) is 21.1 Å². The van der Waals surface area contributed by atoms with E-state index in [1.165, 1.54) is 0 Å². The molecule has 0 spiro atoms. The highest BCUT2D eigenvalue weighted by Gasteiger charge is 2.02. The molecule has 4 heteroatoms. The van der Waals surface area contributed by atoms with E-state index in [0.29, 0.717) is 0 Å². The quantitative estimate of drug-likeness (QED) is 0.753. The molecular formula is C9H12N4. The molecule has 0 aromatic carbocycles. The molecule has 0 saturated carbocycles. The Kier molecular flexibility index (Phi) is 1.88. The number of fused-ring (bicyclic) bond motifs is 1. The summed E-state index contributed by atoms with van der Waals surface area (Å²) in [4.78, 5) is 4.10. The summed E-state index contributed by atoms with van der Waals surface area (Å²) in [7, 11) is 0. The molecule has 0 aliphatic rings. The highest BCUT2D eigenvalue weighted by molar-refractivity contribution is 5.54. The lowest BCUT2D eigenvalue weighted by Crippen LogP contribution is -2.03. The van der Waals surface area contributed by atoms with Gasteiger partial charge in [-0.15, -0.1) is 0 Å². The molecule has 2 heterocycles. The van der Waals surface area contributed by atoms with Crippen molar-refractivity contribution >= 4 is 11.3 Å². The van der Waals surface area contributed by atoms with Gasteiger partial charge in [0.2, 0.25) is 0 Å². The number of aryl methyl sites for hydroxylation is 1. The van der Waals surface area contributed by atoms with Crippen LogP contribution in [0.2, 0.25) is 0 Å². The Morgan fingerprint density at radius 3 is 3.08 bits per heavy atom. The Morgan fingerprint density at radius 2 is 2.31 bits per heavy atom. The van der Waals surface area contributed by atoms with Gasteiger partial charge in [0, 0.05) is 6.54 Å². The van der Waals surface area contributed by atoms with Crippen LogP contribution in [0.3, 0.4) is 0 Å². The molecule has 2 aromatic rings. The van der Waals surface area contributed by atoms with Gasteiger partial charge in [-0.05, 0) is 26.0 Å². The normalized spacial score (nSPS) is 10.6. The molecule has 0 atom stereocenters. The Bertz CT molecular complexity index is 418. The van der Waals surface area contributed by atoms with Crippen LogP contribution in [0, 0.1) is 6.92 Å². The van der Waals surface area contributed by atoms with E-state index in [1.54, 1.807) is 6.33 Å². The fourth-order valence-corrected chi connectivity index (χ4v) is 1.39. The van der Waals surface area contributed by atoms with Gasteiger partial charge >= 0.3 is 0 Å². The molecular weight excluding hydrogens is 164 g/mol. The largest absolute Gasteiger partial charge is 0.384 e. The van der Waals surface area contributed by atoms with Crippen LogP contribution in [0.15, 0.2) is 18.5 Å². The van der Waals surface area contributed by atoms with E-state index >= 15 is 0 Å². The van der Waals surface area contributed by atoms with Gasteiger partial charge in [-0.3, -0.25) is 0 Å². The summed E-state index contributed by atoms with van der Waals surface area (Å²) in [5.74, 6) is 0. The third-order valence-corrected chi connectivity index (χ3v) is 2.05. The first kappa shape index (κ1) is 8.04. The number of nitrogens with one attached hydrogen (secondary N) is 1. The summed E-state index contributed by atoms with van der Waals surface area (Å²) >= 11 is 0. The average molecular weight is 176 g/mol. The van der Waals surface area contributed by atoms with E-state index in [2.05, 4.69) is 22.3 Å². The smallest absolute Gasteiger partial charge is 0.155 e. The molecule has 13 heavy (non-hydrogen) atoms. The van der Waals surface area contributed by atoms with E-state index in [4.69, 9.17) is 0 Å². The predicted molar refractivity (Wildman–Crippen MR) is 51.9 cm³/mol. The van der Waals surface area contributed by atoms with E-state index in [-0.39, 0.29) is 0 Å². The van der Waals surface area contributed by atoms with Crippen molar-refractivity contribution in [3.63, 3.8) is 0 Å². The summed E-state index contributed by atoms with van der Waals surface area (Å²) in [6, 6.07) is 3.99. The van der Waals surface area contributed by atoms with Gasteiger partial charge in [0.15, 0.2) is 5.65 Å². The first-order chi connectivity index (χ1) is 6.33. The van der Waals surface area contributed by atoms with Gasteiger partial charge in [-0.2, -0.15) is 5.10 Å². The topological polar surface area (TPSA) is 42.2 Å². The predicted octanol–water partition coefficient (Wildman–Crippen LogP) is 1.47. The maximum atomic E-state index is 4.13. The number of nitrogens with zero attached hydrogens (tertiary/aromatic N) is 3. The summed E-state index contributed by atoms with van der Waals surface area (Å²) in [6.45, 7) is 5.02. The molecule has 0 saturated heterocycles. The number of hydrogen-bond acceptors (Lipinski definition) is 3. The fourth-order valence-electron chi connectivity index (χ4n) is 1.39. The minimum atomic E-state index is 0.888. The van der Waals surface area contributed by atoms with Crippen LogP contribution in [-0.2, 0) is 0 Å². The first-order valence-electron chi connectivity index (χ1n) is 4.36. The zero-order valence-corrected chi connectivity index (χ0v) is 7.78. The van der Waals surface area contributed by atoms with Crippen molar-refractivity contribution in [1.82, 2.24) is 14.6 Å². The summed E-state index contributed by atoms with van der Waals surface area (Å²) in [6.07, 6.45) is 1.57. The summed E-state index contributed by atoms with van der Waals surface area (Å²) < 4.78 is 1.83. The molecule has 0 aliphatic heterocycles. The maximum absolute atomic E-state index is 4.13. The monoisotopic (exact) mass is 176 g/mol. The molecule has 0 fully saturated rings. The Balaban J connectivity index is 2.59. The van der Waals surface area contributed by atoms with Crippen LogP contribution in [0.5, 0.6) is 0 Å². The molecule has 0 unspecified atom stereocenters. The van der Waals surface area contributed by atoms with Crippen LogP contribution in [0.1, 0.15) is 12.6 Å². The van der Waals surface area contributed by atoms with E-state index in [1.807, 2.05) is 23.6 Å². The molecule has 4 nitrogen and oxygen atoms in total. The Labute approximate surface area is 76.6 Å². The number of pyridine rings is 1. The van der Waals surface area contributed by atoms with Crippen molar-refractivity contribution in [1.29, 1.82) is 0 Å².